The summed E-state index contributed by atoms with van der Waals surface area (Å²) in [5.41, 5.74) is -0.563. The van der Waals surface area contributed by atoms with Crippen LogP contribution in [-0.4, -0.2) is 74.1 Å². The number of carbonyl (C=O) groups is 1. The third-order valence-corrected chi connectivity index (χ3v) is 7.52. The minimum atomic E-state index is -4.55. The van der Waals surface area contributed by atoms with Crippen LogP contribution in [-0.2, 0) is 30.4 Å². The van der Waals surface area contributed by atoms with Gasteiger partial charge < -0.3 is 24.0 Å². The summed E-state index contributed by atoms with van der Waals surface area (Å²) in [7, 11) is 0. The summed E-state index contributed by atoms with van der Waals surface area (Å²) >= 11 is 1.61. The molecule has 10 nitrogen and oxygen atoms in total. The van der Waals surface area contributed by atoms with Gasteiger partial charge in [-0.1, -0.05) is 13.3 Å². The zero-order valence-electron chi connectivity index (χ0n) is 21.9. The highest BCUT2D eigenvalue weighted by Crippen LogP contribution is 2.36. The van der Waals surface area contributed by atoms with Crippen molar-refractivity contribution < 1.29 is 22.7 Å². The van der Waals surface area contributed by atoms with Crippen LogP contribution in [0.25, 0.3) is 10.2 Å². The Hall–Kier alpha value is -3.16. The Bertz CT molecular complexity index is 1320. The number of halogens is 3. The Kier molecular flexibility index (Phi) is 6.86. The maximum Gasteiger partial charge on any atom is 0.451 e. The molecule has 2 aliphatic heterocycles. The lowest BCUT2D eigenvalue weighted by Gasteiger charge is -2.36. The number of ether oxygens (including phenoxy) is 1. The topological polar surface area (TPSA) is 92.5 Å². The summed E-state index contributed by atoms with van der Waals surface area (Å²) in [5.74, 6) is 0.515. The molecule has 5 heterocycles. The predicted octanol–water partition coefficient (Wildman–Crippen LogP) is 4.33. The molecule has 0 bridgehead atoms. The molecule has 1 saturated heterocycles. The highest BCUT2D eigenvalue weighted by molar-refractivity contribution is 7.18. The van der Waals surface area contributed by atoms with E-state index in [2.05, 4.69) is 23.2 Å². The Morgan fingerprint density at radius 3 is 2.39 bits per heavy atom. The van der Waals surface area contributed by atoms with Gasteiger partial charge in [0.25, 0.3) is 0 Å². The molecule has 3 aromatic rings. The van der Waals surface area contributed by atoms with Crippen LogP contribution in [0.1, 0.15) is 50.6 Å². The van der Waals surface area contributed by atoms with Gasteiger partial charge in [0.1, 0.15) is 16.2 Å². The van der Waals surface area contributed by atoms with Crippen molar-refractivity contribution in [1.29, 1.82) is 0 Å². The Morgan fingerprint density at radius 2 is 1.74 bits per heavy atom. The molecular formula is C24H31F3N8O2S. The van der Waals surface area contributed by atoms with Crippen molar-refractivity contribution in [3.63, 3.8) is 0 Å². The van der Waals surface area contributed by atoms with Gasteiger partial charge in [-0.25, -0.2) is 9.78 Å². The molecule has 0 aliphatic carbocycles. The van der Waals surface area contributed by atoms with Gasteiger partial charge in [-0.15, -0.1) is 21.5 Å². The van der Waals surface area contributed by atoms with Gasteiger partial charge in [0, 0.05) is 44.1 Å². The largest absolute Gasteiger partial charge is 0.451 e. The lowest BCUT2D eigenvalue weighted by molar-refractivity contribution is -0.147. The fourth-order valence-corrected chi connectivity index (χ4v) is 5.78. The standard InChI is InChI=1S/C24H31F3N8O2S/c1-5-6-15-13-16-18(34-11-12-35-17(14-34)30-31-20(35)24(25,26)27)28-21(29-19(16)38-15)32-7-9-33(10-8-32)22(36)37-23(2,3)4/h13H,5-12,14H2,1-4H3. The molecule has 0 unspecified atom stereocenters. The third kappa shape index (κ3) is 5.36. The van der Waals surface area contributed by atoms with E-state index in [4.69, 9.17) is 14.7 Å². The number of alkyl halides is 3. The number of amides is 1. The molecule has 0 N–H and O–H groups in total. The molecule has 1 fully saturated rings. The fourth-order valence-electron chi connectivity index (χ4n) is 4.66. The average Bonchev–Trinajstić information content (AvgIpc) is 3.46. The number of carbonyl (C=O) groups excluding carboxylic acids is 1. The zero-order chi connectivity index (χ0) is 27.2. The van der Waals surface area contributed by atoms with Crippen molar-refractivity contribution in [3.8, 4) is 0 Å². The molecule has 14 heteroatoms. The van der Waals surface area contributed by atoms with Crippen molar-refractivity contribution in [2.75, 3.05) is 42.5 Å². The quantitative estimate of drug-likeness (QED) is 0.472. The minimum Gasteiger partial charge on any atom is -0.444 e. The molecule has 0 radical (unpaired) electrons. The van der Waals surface area contributed by atoms with Crippen LogP contribution in [0.5, 0.6) is 0 Å². The molecule has 0 atom stereocenters. The average molecular weight is 553 g/mol. The van der Waals surface area contributed by atoms with Gasteiger partial charge in [0.2, 0.25) is 11.8 Å². The lowest BCUT2D eigenvalue weighted by atomic mass is 10.2. The number of fused-ring (bicyclic) bond motifs is 2. The molecule has 206 valence electrons. The van der Waals surface area contributed by atoms with E-state index in [0.29, 0.717) is 44.5 Å². The first-order chi connectivity index (χ1) is 17.9. The third-order valence-electron chi connectivity index (χ3n) is 6.43. The zero-order valence-corrected chi connectivity index (χ0v) is 22.7. The molecule has 0 saturated carbocycles. The fraction of sp³-hybridized carbons (Fsp3) is 0.625. The number of piperazine rings is 1. The summed E-state index contributed by atoms with van der Waals surface area (Å²) in [6.07, 6.45) is -2.99. The number of thiophene rings is 1. The van der Waals surface area contributed by atoms with Gasteiger partial charge in [-0.05, 0) is 33.3 Å². The van der Waals surface area contributed by atoms with Gasteiger partial charge in [-0.3, -0.25) is 0 Å². The number of nitrogens with zero attached hydrogens (tertiary/aromatic N) is 8. The maximum atomic E-state index is 13.3. The number of hydrogen-bond donors (Lipinski definition) is 0. The summed E-state index contributed by atoms with van der Waals surface area (Å²) in [6.45, 7) is 10.3. The lowest BCUT2D eigenvalue weighted by Crippen LogP contribution is -2.50. The van der Waals surface area contributed by atoms with Crippen LogP contribution in [0.4, 0.5) is 29.7 Å². The smallest absolute Gasteiger partial charge is 0.444 e. The predicted molar refractivity (Wildman–Crippen MR) is 138 cm³/mol. The SMILES string of the molecule is CCCc1cc2c(N3CCn4c(nnc4C(F)(F)F)C3)nc(N3CCN(C(=O)OC(C)(C)C)CC3)nc2s1. The monoisotopic (exact) mass is 552 g/mol. The molecule has 1 amide bonds. The Morgan fingerprint density at radius 1 is 1.03 bits per heavy atom. The van der Waals surface area contributed by atoms with E-state index in [1.807, 2.05) is 30.6 Å². The van der Waals surface area contributed by atoms with Crippen molar-refractivity contribution in [1.82, 2.24) is 29.6 Å². The number of anilines is 2. The van der Waals surface area contributed by atoms with Crippen molar-refractivity contribution >= 4 is 39.4 Å². The van der Waals surface area contributed by atoms with E-state index in [0.717, 1.165) is 27.6 Å². The summed E-state index contributed by atoms with van der Waals surface area (Å²) < 4.78 is 46.6. The molecule has 0 spiro atoms. The number of rotatable bonds is 4. The molecular weight excluding hydrogens is 521 g/mol. The van der Waals surface area contributed by atoms with Crippen LogP contribution in [0, 0.1) is 0 Å². The van der Waals surface area contributed by atoms with Crippen LogP contribution in [0.3, 0.4) is 0 Å². The molecule has 2 aliphatic rings. The van der Waals surface area contributed by atoms with E-state index < -0.39 is 17.6 Å². The van der Waals surface area contributed by atoms with E-state index in [1.54, 1.807) is 16.2 Å². The number of hydrogen-bond acceptors (Lipinski definition) is 9. The first-order valence-corrected chi connectivity index (χ1v) is 13.5. The van der Waals surface area contributed by atoms with Crippen LogP contribution in [0.15, 0.2) is 6.07 Å². The van der Waals surface area contributed by atoms with Crippen molar-refractivity contribution in [3.05, 3.63) is 22.6 Å². The molecule has 3 aromatic heterocycles. The van der Waals surface area contributed by atoms with Crippen LogP contribution >= 0.6 is 11.3 Å². The number of aryl methyl sites for hydroxylation is 1. The van der Waals surface area contributed by atoms with E-state index >= 15 is 0 Å². The van der Waals surface area contributed by atoms with Crippen LogP contribution in [0.2, 0.25) is 0 Å². The van der Waals surface area contributed by atoms with Gasteiger partial charge in [-0.2, -0.15) is 18.2 Å². The Balaban J connectivity index is 1.42. The van der Waals surface area contributed by atoms with Gasteiger partial charge >= 0.3 is 12.3 Å². The van der Waals surface area contributed by atoms with Crippen LogP contribution < -0.4 is 9.80 Å². The Labute approximate surface area is 222 Å². The molecule has 38 heavy (non-hydrogen) atoms. The normalized spacial score (nSPS) is 16.8. The molecule has 0 aromatic carbocycles. The second kappa shape index (κ2) is 9.86. The second-order valence-corrected chi connectivity index (χ2v) is 11.6. The molecule has 5 rings (SSSR count). The summed E-state index contributed by atoms with van der Waals surface area (Å²) in [5, 5.41) is 8.12. The van der Waals surface area contributed by atoms with E-state index in [9.17, 15) is 18.0 Å². The summed E-state index contributed by atoms with van der Waals surface area (Å²) in [6, 6.07) is 2.09. The first kappa shape index (κ1) is 26.4. The van der Waals surface area contributed by atoms with Crippen molar-refractivity contribution in [2.24, 2.45) is 0 Å². The minimum absolute atomic E-state index is 0.110. The maximum absolute atomic E-state index is 13.3. The van der Waals surface area contributed by atoms with Crippen molar-refractivity contribution in [2.45, 2.75) is 65.4 Å². The van der Waals surface area contributed by atoms with E-state index in [1.165, 1.54) is 4.88 Å². The first-order valence-electron chi connectivity index (χ1n) is 12.7. The second-order valence-electron chi connectivity index (χ2n) is 10.5. The van der Waals surface area contributed by atoms with E-state index in [-0.39, 0.29) is 25.0 Å². The highest BCUT2D eigenvalue weighted by atomic mass is 32.1. The summed E-state index contributed by atoms with van der Waals surface area (Å²) in [4.78, 5) is 30.0. The highest BCUT2D eigenvalue weighted by Gasteiger charge is 2.40. The van der Waals surface area contributed by atoms with Gasteiger partial charge in [0.05, 0.1) is 11.9 Å². The van der Waals surface area contributed by atoms with Gasteiger partial charge in [0.15, 0.2) is 5.82 Å². The number of aromatic nitrogens is 5.